The number of anilines is 1. The highest BCUT2D eigenvalue weighted by Crippen LogP contribution is 2.48. The molecular formula is C24H22N2O9S. The number of rotatable bonds is 6. The van der Waals surface area contributed by atoms with Gasteiger partial charge in [-0.2, -0.15) is 0 Å². The number of hydrogen-bond acceptors (Lipinski definition) is 9. The summed E-state index contributed by atoms with van der Waals surface area (Å²) in [4.78, 5) is 25.1. The number of methoxy groups -OCH3 is 1. The third-order valence-electron chi connectivity index (χ3n) is 5.70. The topological polar surface area (TPSA) is 174 Å². The highest BCUT2D eigenvalue weighted by Gasteiger charge is 2.34. The molecule has 3 aromatic rings. The summed E-state index contributed by atoms with van der Waals surface area (Å²) in [5, 5.41) is 28.6. The smallest absolute Gasteiger partial charge is 0.347 e. The molecule has 0 aromatic heterocycles. The Hall–Kier alpha value is -4.29. The summed E-state index contributed by atoms with van der Waals surface area (Å²) in [5.74, 6) is -2.54. The number of phenolic OH excluding ortho intramolecular Hbond substituents is 1. The molecule has 1 heterocycles. The SMILES string of the molecule is COc1cc(C(=O)O)c2c(c1C)OC(=O)c1c(C)cc(O)c(CNc3ccc(S(N)(=O)=O)cc3)c1O2. The van der Waals surface area contributed by atoms with Gasteiger partial charge < -0.3 is 29.7 Å². The highest BCUT2D eigenvalue weighted by atomic mass is 32.2. The third kappa shape index (κ3) is 4.39. The Morgan fingerprint density at radius 2 is 1.75 bits per heavy atom. The molecule has 5 N–H and O–H groups in total. The maximum absolute atomic E-state index is 13.1. The zero-order valence-corrected chi connectivity index (χ0v) is 20.2. The van der Waals surface area contributed by atoms with E-state index in [1.165, 1.54) is 43.5 Å². The molecule has 0 radical (unpaired) electrons. The highest BCUT2D eigenvalue weighted by molar-refractivity contribution is 7.89. The molecule has 0 fully saturated rings. The number of aromatic hydroxyl groups is 1. The molecule has 1 aliphatic rings. The number of aryl methyl sites for hydroxylation is 1. The van der Waals surface area contributed by atoms with Crippen LogP contribution in [0, 0.1) is 13.8 Å². The number of esters is 1. The summed E-state index contributed by atoms with van der Waals surface area (Å²) in [6.45, 7) is 3.10. The van der Waals surface area contributed by atoms with E-state index in [0.29, 0.717) is 16.8 Å². The van der Waals surface area contributed by atoms with Crippen LogP contribution >= 0.6 is 0 Å². The summed E-state index contributed by atoms with van der Waals surface area (Å²) >= 11 is 0. The van der Waals surface area contributed by atoms with Gasteiger partial charge in [-0.25, -0.2) is 23.1 Å². The van der Waals surface area contributed by atoms with Gasteiger partial charge in [-0.3, -0.25) is 0 Å². The van der Waals surface area contributed by atoms with E-state index in [1.807, 2.05) is 0 Å². The molecule has 0 spiro atoms. The van der Waals surface area contributed by atoms with E-state index >= 15 is 0 Å². The van der Waals surface area contributed by atoms with Crippen LogP contribution in [0.5, 0.6) is 28.7 Å². The van der Waals surface area contributed by atoms with Crippen LogP contribution in [0.4, 0.5) is 5.69 Å². The molecular weight excluding hydrogens is 492 g/mol. The van der Waals surface area contributed by atoms with Crippen molar-refractivity contribution in [3.63, 3.8) is 0 Å². The Kier molecular flexibility index (Phi) is 6.24. The fraction of sp³-hybridized carbons (Fsp3) is 0.167. The monoisotopic (exact) mass is 514 g/mol. The predicted molar refractivity (Wildman–Crippen MR) is 128 cm³/mol. The van der Waals surface area contributed by atoms with E-state index in [9.17, 15) is 28.2 Å². The molecule has 0 unspecified atom stereocenters. The zero-order valence-electron chi connectivity index (χ0n) is 19.4. The Labute approximate surface area is 206 Å². The number of hydrogen-bond donors (Lipinski definition) is 4. The van der Waals surface area contributed by atoms with Crippen LogP contribution in [0.25, 0.3) is 0 Å². The average molecular weight is 515 g/mol. The number of primary sulfonamides is 1. The first kappa shape index (κ1) is 24.8. The van der Waals surface area contributed by atoms with Gasteiger partial charge in [0.25, 0.3) is 0 Å². The van der Waals surface area contributed by atoms with E-state index in [4.69, 9.17) is 19.3 Å². The molecule has 0 amide bonds. The Morgan fingerprint density at radius 1 is 1.08 bits per heavy atom. The van der Waals surface area contributed by atoms with Crippen molar-refractivity contribution in [2.24, 2.45) is 5.14 Å². The molecule has 12 heteroatoms. The van der Waals surface area contributed by atoms with Gasteiger partial charge in [0.2, 0.25) is 10.0 Å². The number of carboxylic acid groups (broad SMARTS) is 1. The van der Waals surface area contributed by atoms with E-state index in [0.717, 1.165) is 0 Å². The van der Waals surface area contributed by atoms with Crippen LogP contribution in [-0.2, 0) is 16.6 Å². The number of carboxylic acids is 1. The van der Waals surface area contributed by atoms with Gasteiger partial charge in [-0.15, -0.1) is 0 Å². The molecule has 1 aliphatic heterocycles. The third-order valence-corrected chi connectivity index (χ3v) is 6.63. The fourth-order valence-corrected chi connectivity index (χ4v) is 4.37. The lowest BCUT2D eigenvalue weighted by molar-refractivity contribution is 0.0685. The second kappa shape index (κ2) is 9.06. The quantitative estimate of drug-likeness (QED) is 0.282. The van der Waals surface area contributed by atoms with Gasteiger partial charge in [0.1, 0.15) is 22.6 Å². The number of fused-ring (bicyclic) bond motifs is 2. The van der Waals surface area contributed by atoms with Crippen molar-refractivity contribution in [1.82, 2.24) is 0 Å². The Morgan fingerprint density at radius 3 is 2.33 bits per heavy atom. The number of carbonyl (C=O) groups excluding carboxylic acids is 1. The fourth-order valence-electron chi connectivity index (χ4n) is 3.85. The van der Waals surface area contributed by atoms with Crippen LogP contribution in [0.1, 0.15) is 37.4 Å². The minimum atomic E-state index is -3.86. The number of carbonyl (C=O) groups is 2. The van der Waals surface area contributed by atoms with Crippen molar-refractivity contribution in [3.05, 3.63) is 64.2 Å². The second-order valence-electron chi connectivity index (χ2n) is 8.02. The summed E-state index contributed by atoms with van der Waals surface area (Å²) in [6.07, 6.45) is 0. The van der Waals surface area contributed by atoms with Gasteiger partial charge in [0, 0.05) is 17.8 Å². The molecule has 0 saturated heterocycles. The van der Waals surface area contributed by atoms with Gasteiger partial charge in [-0.05, 0) is 55.8 Å². The lowest BCUT2D eigenvalue weighted by atomic mass is 10.0. The minimum absolute atomic E-state index is 0.0140. The standard InChI is InChI=1S/C24H22N2O9S/c1-11-8-17(27)16(10-26-13-4-6-14(7-5-13)36(25,31)32)21-19(11)24(30)35-20-12(2)18(33-3)9-15(23(28)29)22(20)34-21/h4-9,26-27H,10H2,1-3H3,(H,28,29)(H2,25,31,32). The van der Waals surface area contributed by atoms with Gasteiger partial charge >= 0.3 is 11.9 Å². The molecule has 36 heavy (non-hydrogen) atoms. The maximum atomic E-state index is 13.1. The van der Waals surface area contributed by atoms with Crippen LogP contribution in [0.15, 0.2) is 41.3 Å². The van der Waals surface area contributed by atoms with E-state index in [2.05, 4.69) is 5.32 Å². The van der Waals surface area contributed by atoms with Crippen molar-refractivity contribution >= 4 is 27.6 Å². The number of aromatic carboxylic acids is 1. The molecule has 0 saturated carbocycles. The number of nitrogens with one attached hydrogen (secondary N) is 1. The number of ether oxygens (including phenoxy) is 3. The van der Waals surface area contributed by atoms with Crippen molar-refractivity contribution in [2.45, 2.75) is 25.3 Å². The molecule has 188 valence electrons. The van der Waals surface area contributed by atoms with Crippen LogP contribution in [0.2, 0.25) is 0 Å². The number of sulfonamides is 1. The Bertz CT molecular complexity index is 1510. The normalized spacial score (nSPS) is 12.5. The molecule has 3 aromatic carbocycles. The summed E-state index contributed by atoms with van der Waals surface area (Å²) in [5.41, 5.74) is 1.06. The molecule has 0 aliphatic carbocycles. The largest absolute Gasteiger partial charge is 0.507 e. The molecule has 4 rings (SSSR count). The lowest BCUT2D eigenvalue weighted by Gasteiger charge is -2.18. The van der Waals surface area contributed by atoms with E-state index < -0.39 is 22.0 Å². The Balaban J connectivity index is 1.81. The van der Waals surface area contributed by atoms with Crippen molar-refractivity contribution in [3.8, 4) is 28.7 Å². The first-order chi connectivity index (χ1) is 16.9. The van der Waals surface area contributed by atoms with Gasteiger partial charge in [-0.1, -0.05) is 0 Å². The van der Waals surface area contributed by atoms with Crippen molar-refractivity contribution < 1.29 is 42.4 Å². The van der Waals surface area contributed by atoms with Crippen LogP contribution < -0.4 is 24.7 Å². The van der Waals surface area contributed by atoms with Crippen LogP contribution in [0.3, 0.4) is 0 Å². The van der Waals surface area contributed by atoms with E-state index in [-0.39, 0.29) is 56.9 Å². The summed E-state index contributed by atoms with van der Waals surface area (Å²) in [6, 6.07) is 8.21. The molecule has 11 nitrogen and oxygen atoms in total. The van der Waals surface area contributed by atoms with Gasteiger partial charge in [0.15, 0.2) is 17.2 Å². The predicted octanol–water partition coefficient (Wildman–Crippen LogP) is 3.30. The van der Waals surface area contributed by atoms with Gasteiger partial charge in [0.05, 0.1) is 17.6 Å². The molecule has 0 atom stereocenters. The maximum Gasteiger partial charge on any atom is 0.347 e. The number of phenols is 1. The van der Waals surface area contributed by atoms with Crippen molar-refractivity contribution in [1.29, 1.82) is 0 Å². The first-order valence-electron chi connectivity index (χ1n) is 10.5. The first-order valence-corrected chi connectivity index (χ1v) is 12.0. The average Bonchev–Trinajstić information content (AvgIpc) is 2.95. The van der Waals surface area contributed by atoms with Crippen molar-refractivity contribution in [2.75, 3.05) is 12.4 Å². The van der Waals surface area contributed by atoms with E-state index in [1.54, 1.807) is 13.8 Å². The lowest BCUT2D eigenvalue weighted by Crippen LogP contribution is -2.12. The summed E-state index contributed by atoms with van der Waals surface area (Å²) in [7, 11) is -2.51. The minimum Gasteiger partial charge on any atom is -0.507 e. The second-order valence-corrected chi connectivity index (χ2v) is 9.59. The van der Waals surface area contributed by atoms with Crippen LogP contribution in [-0.4, -0.2) is 37.7 Å². The zero-order chi connectivity index (χ0) is 26.4. The molecule has 0 bridgehead atoms. The summed E-state index contributed by atoms with van der Waals surface area (Å²) < 4.78 is 39.8. The number of benzene rings is 3. The number of nitrogens with two attached hydrogens (primary N) is 1.